The minimum atomic E-state index is -0.243. The lowest BCUT2D eigenvalue weighted by Gasteiger charge is -2.43. The fraction of sp³-hybridized carbons (Fsp3) is 0.565. The molecular weight excluding hydrogens is 352 g/mol. The van der Waals surface area contributed by atoms with Gasteiger partial charge in [0.15, 0.2) is 0 Å². The lowest BCUT2D eigenvalue weighted by molar-refractivity contribution is -0.222. The Morgan fingerprint density at radius 2 is 1.82 bits per heavy atom. The highest BCUT2D eigenvalue weighted by Gasteiger charge is 2.48. The molecule has 2 amide bonds. The van der Waals surface area contributed by atoms with E-state index < -0.39 is 0 Å². The third-order valence-electron chi connectivity index (χ3n) is 6.47. The summed E-state index contributed by atoms with van der Waals surface area (Å²) in [5, 5.41) is 1.64. The van der Waals surface area contributed by atoms with Crippen molar-refractivity contribution in [3.63, 3.8) is 0 Å². The Bertz CT molecular complexity index is 735. The van der Waals surface area contributed by atoms with Crippen molar-refractivity contribution in [3.8, 4) is 0 Å². The molecular formula is C23H30N2O3. The van der Waals surface area contributed by atoms with Crippen molar-refractivity contribution in [2.45, 2.75) is 69.9 Å². The predicted octanol–water partition coefficient (Wildman–Crippen LogP) is 3.99. The van der Waals surface area contributed by atoms with Crippen molar-refractivity contribution in [3.05, 3.63) is 47.5 Å². The molecule has 3 aliphatic rings. The van der Waals surface area contributed by atoms with Crippen LogP contribution in [0.15, 0.2) is 42.0 Å². The standard InChI is InChI=1S/C23H30N2O3/c26-21-11-12-23(25(21)28-18-20-9-5-2-6-10-20)13-15-24(16-14-23)22(27)17-19-7-3-1-4-8-19/h2,5-7,9-10H,1,3-4,8,11-18H2. The number of carbonyl (C=O) groups is 2. The summed E-state index contributed by atoms with van der Waals surface area (Å²) in [4.78, 5) is 33.1. The van der Waals surface area contributed by atoms with Gasteiger partial charge in [0.25, 0.3) is 0 Å². The summed E-state index contributed by atoms with van der Waals surface area (Å²) in [7, 11) is 0. The molecule has 1 aromatic rings. The van der Waals surface area contributed by atoms with Gasteiger partial charge in [-0.1, -0.05) is 42.0 Å². The van der Waals surface area contributed by atoms with Crippen molar-refractivity contribution < 1.29 is 14.4 Å². The first-order valence-electron chi connectivity index (χ1n) is 10.6. The molecule has 0 N–H and O–H groups in total. The average molecular weight is 383 g/mol. The molecule has 0 unspecified atom stereocenters. The number of carbonyl (C=O) groups excluding carboxylic acids is 2. The first-order valence-corrected chi connectivity index (χ1v) is 10.6. The number of rotatable bonds is 5. The molecule has 28 heavy (non-hydrogen) atoms. The lowest BCUT2D eigenvalue weighted by atomic mass is 9.85. The molecule has 1 spiro atoms. The van der Waals surface area contributed by atoms with E-state index in [1.165, 1.54) is 18.4 Å². The van der Waals surface area contributed by atoms with Crippen molar-refractivity contribution in [2.24, 2.45) is 0 Å². The van der Waals surface area contributed by atoms with Crippen LogP contribution in [0.3, 0.4) is 0 Å². The zero-order chi connectivity index (χ0) is 19.4. The van der Waals surface area contributed by atoms with Gasteiger partial charge in [-0.25, -0.2) is 5.06 Å². The summed E-state index contributed by atoms with van der Waals surface area (Å²) in [6, 6.07) is 9.95. The van der Waals surface area contributed by atoms with E-state index in [0.717, 1.165) is 37.7 Å². The fourth-order valence-corrected chi connectivity index (χ4v) is 4.73. The van der Waals surface area contributed by atoms with Crippen LogP contribution in [0.25, 0.3) is 0 Å². The molecule has 5 heteroatoms. The second-order valence-corrected chi connectivity index (χ2v) is 8.34. The van der Waals surface area contributed by atoms with Crippen molar-refractivity contribution in [1.82, 2.24) is 9.96 Å². The van der Waals surface area contributed by atoms with Gasteiger partial charge in [0.2, 0.25) is 11.8 Å². The van der Waals surface area contributed by atoms with Crippen LogP contribution in [-0.4, -0.2) is 40.4 Å². The number of likely N-dealkylation sites (tertiary alicyclic amines) is 1. The van der Waals surface area contributed by atoms with Crippen LogP contribution in [0.2, 0.25) is 0 Å². The number of allylic oxidation sites excluding steroid dienone is 1. The molecule has 0 aromatic heterocycles. The molecule has 150 valence electrons. The average Bonchev–Trinajstić information content (AvgIpc) is 3.03. The quantitative estimate of drug-likeness (QED) is 0.724. The zero-order valence-corrected chi connectivity index (χ0v) is 16.6. The van der Waals surface area contributed by atoms with Gasteiger partial charge in [0.1, 0.15) is 6.61 Å². The molecule has 4 rings (SSSR count). The summed E-state index contributed by atoms with van der Waals surface area (Å²) in [6.07, 6.45) is 10.4. The third-order valence-corrected chi connectivity index (χ3v) is 6.47. The molecule has 1 aliphatic carbocycles. The number of piperidine rings is 1. The molecule has 0 atom stereocenters. The van der Waals surface area contributed by atoms with Crippen LogP contribution < -0.4 is 0 Å². The fourth-order valence-electron chi connectivity index (χ4n) is 4.73. The Balaban J connectivity index is 1.34. The number of hydrogen-bond donors (Lipinski definition) is 0. The minimum Gasteiger partial charge on any atom is -0.342 e. The second kappa shape index (κ2) is 8.48. The van der Waals surface area contributed by atoms with Gasteiger partial charge in [-0.15, -0.1) is 0 Å². The maximum Gasteiger partial charge on any atom is 0.246 e. The van der Waals surface area contributed by atoms with Gasteiger partial charge in [-0.3, -0.25) is 14.4 Å². The molecule has 2 saturated heterocycles. The first kappa shape index (κ1) is 19.2. The zero-order valence-electron chi connectivity index (χ0n) is 16.6. The van der Waals surface area contributed by atoms with E-state index in [9.17, 15) is 9.59 Å². The first-order chi connectivity index (χ1) is 13.7. The lowest BCUT2D eigenvalue weighted by Crippen LogP contribution is -2.54. The molecule has 2 aliphatic heterocycles. The summed E-state index contributed by atoms with van der Waals surface area (Å²) in [6.45, 7) is 1.83. The minimum absolute atomic E-state index is 0.0723. The number of benzene rings is 1. The van der Waals surface area contributed by atoms with E-state index in [1.54, 1.807) is 5.06 Å². The normalized spacial score (nSPS) is 21.9. The highest BCUT2D eigenvalue weighted by Crippen LogP contribution is 2.40. The van der Waals surface area contributed by atoms with E-state index in [0.29, 0.717) is 32.5 Å². The summed E-state index contributed by atoms with van der Waals surface area (Å²) < 4.78 is 0. The van der Waals surface area contributed by atoms with E-state index in [2.05, 4.69) is 6.08 Å². The van der Waals surface area contributed by atoms with Crippen molar-refractivity contribution in [2.75, 3.05) is 13.1 Å². The van der Waals surface area contributed by atoms with E-state index >= 15 is 0 Å². The van der Waals surface area contributed by atoms with Gasteiger partial charge in [-0.05, 0) is 50.5 Å². The van der Waals surface area contributed by atoms with Gasteiger partial charge in [-0.2, -0.15) is 0 Å². The largest absolute Gasteiger partial charge is 0.342 e. The molecule has 0 radical (unpaired) electrons. The van der Waals surface area contributed by atoms with E-state index in [1.807, 2.05) is 35.2 Å². The smallest absolute Gasteiger partial charge is 0.246 e. The van der Waals surface area contributed by atoms with Gasteiger partial charge < -0.3 is 4.90 Å². The van der Waals surface area contributed by atoms with E-state index in [-0.39, 0.29) is 17.4 Å². The number of hydrogen-bond acceptors (Lipinski definition) is 3. The molecule has 0 bridgehead atoms. The van der Waals surface area contributed by atoms with E-state index in [4.69, 9.17) is 4.84 Å². The topological polar surface area (TPSA) is 49.9 Å². The number of amides is 2. The number of hydroxylamine groups is 2. The Hall–Kier alpha value is -2.14. The molecule has 1 aromatic carbocycles. The molecule has 5 nitrogen and oxygen atoms in total. The third kappa shape index (κ3) is 4.14. The van der Waals surface area contributed by atoms with Crippen molar-refractivity contribution >= 4 is 11.8 Å². The number of nitrogens with zero attached hydrogens (tertiary/aromatic N) is 2. The van der Waals surface area contributed by atoms with Crippen LogP contribution in [-0.2, 0) is 21.0 Å². The van der Waals surface area contributed by atoms with Crippen molar-refractivity contribution in [1.29, 1.82) is 0 Å². The second-order valence-electron chi connectivity index (χ2n) is 8.34. The van der Waals surface area contributed by atoms with Crippen LogP contribution in [0.5, 0.6) is 0 Å². The Morgan fingerprint density at radius 3 is 2.54 bits per heavy atom. The Labute approximate surface area is 167 Å². The van der Waals surface area contributed by atoms with Crippen LogP contribution in [0.1, 0.15) is 63.4 Å². The highest BCUT2D eigenvalue weighted by atomic mass is 16.7. The van der Waals surface area contributed by atoms with Gasteiger partial charge >= 0.3 is 0 Å². The summed E-state index contributed by atoms with van der Waals surface area (Å²) in [5.74, 6) is 0.312. The molecule has 2 heterocycles. The van der Waals surface area contributed by atoms with Crippen LogP contribution >= 0.6 is 0 Å². The Kier molecular flexibility index (Phi) is 5.81. The maximum atomic E-state index is 12.7. The SMILES string of the molecule is O=C(CC1=CCCCC1)N1CCC2(CCC(=O)N2OCc2ccccc2)CC1. The molecule has 0 saturated carbocycles. The summed E-state index contributed by atoms with van der Waals surface area (Å²) in [5.41, 5.74) is 2.12. The predicted molar refractivity (Wildman–Crippen MR) is 107 cm³/mol. The maximum absolute atomic E-state index is 12.7. The highest BCUT2D eigenvalue weighted by molar-refractivity contribution is 5.80. The van der Waals surface area contributed by atoms with Crippen LogP contribution in [0.4, 0.5) is 0 Å². The van der Waals surface area contributed by atoms with Gasteiger partial charge in [0.05, 0.1) is 5.54 Å². The van der Waals surface area contributed by atoms with Crippen LogP contribution in [0, 0.1) is 0 Å². The monoisotopic (exact) mass is 382 g/mol. The molecule has 2 fully saturated rings. The summed E-state index contributed by atoms with van der Waals surface area (Å²) >= 11 is 0. The van der Waals surface area contributed by atoms with Gasteiger partial charge in [0, 0.05) is 25.9 Å². The Morgan fingerprint density at radius 1 is 1.04 bits per heavy atom.